The van der Waals surface area contributed by atoms with Crippen LogP contribution in [0.2, 0.25) is 0 Å². The summed E-state index contributed by atoms with van der Waals surface area (Å²) >= 11 is 0. The minimum absolute atomic E-state index is 0.448. The molecule has 0 unspecified atom stereocenters. The van der Waals surface area contributed by atoms with Crippen LogP contribution in [0.15, 0.2) is 36.4 Å². The molecule has 1 amide bonds. The number of carbonyl (C=O) groups excluding carboxylic acids is 1. The lowest BCUT2D eigenvalue weighted by atomic mass is 9.98. The number of hydrogen-bond acceptors (Lipinski definition) is 3. The molecule has 2 aromatic rings. The Morgan fingerprint density at radius 1 is 1.14 bits per heavy atom. The molecular weight excluding hydrogens is 262 g/mol. The van der Waals surface area contributed by atoms with Gasteiger partial charge in [-0.15, -0.1) is 0 Å². The minimum Gasteiger partial charge on any atom is -0.399 e. The fraction of sp³-hybridized carbons (Fsp3) is 0.235. The Labute approximate surface area is 124 Å². The molecule has 108 valence electrons. The summed E-state index contributed by atoms with van der Waals surface area (Å²) in [6.07, 6.45) is 2.12. The molecule has 0 aliphatic carbocycles. The van der Waals surface area contributed by atoms with Gasteiger partial charge in [-0.1, -0.05) is 17.7 Å². The summed E-state index contributed by atoms with van der Waals surface area (Å²) in [6.45, 7) is 2.97. The molecular formula is C17H19N3O. The molecule has 4 nitrogen and oxygen atoms in total. The topological polar surface area (TPSA) is 72.3 Å². The lowest BCUT2D eigenvalue weighted by molar-refractivity contribution is 0.100. The van der Waals surface area contributed by atoms with Crippen molar-refractivity contribution in [2.24, 2.45) is 5.73 Å². The number of nitrogens with zero attached hydrogens (tertiary/aromatic N) is 1. The van der Waals surface area contributed by atoms with Crippen molar-refractivity contribution in [2.75, 3.05) is 17.2 Å². The highest BCUT2D eigenvalue weighted by molar-refractivity contribution is 6.00. The van der Waals surface area contributed by atoms with Crippen LogP contribution in [0, 0.1) is 6.92 Å². The van der Waals surface area contributed by atoms with E-state index in [0.717, 1.165) is 30.8 Å². The quantitative estimate of drug-likeness (QED) is 0.831. The summed E-state index contributed by atoms with van der Waals surface area (Å²) in [5, 5.41) is 0. The van der Waals surface area contributed by atoms with Gasteiger partial charge in [-0.05, 0) is 49.6 Å². The summed E-state index contributed by atoms with van der Waals surface area (Å²) in [6, 6.07) is 11.8. The molecule has 1 heterocycles. The first kappa shape index (κ1) is 13.5. The number of nitrogen functional groups attached to an aromatic ring is 1. The number of rotatable bonds is 2. The van der Waals surface area contributed by atoms with Gasteiger partial charge in [0.2, 0.25) is 0 Å². The molecule has 4 N–H and O–H groups in total. The molecule has 0 radical (unpaired) electrons. The van der Waals surface area contributed by atoms with Crippen molar-refractivity contribution in [1.29, 1.82) is 0 Å². The summed E-state index contributed by atoms with van der Waals surface area (Å²) in [5.74, 6) is -0.448. The van der Waals surface area contributed by atoms with Crippen LogP contribution >= 0.6 is 0 Å². The Bertz CT molecular complexity index is 709. The number of amides is 1. The van der Waals surface area contributed by atoms with Gasteiger partial charge in [0.05, 0.1) is 11.3 Å². The largest absolute Gasteiger partial charge is 0.399 e. The Kier molecular flexibility index (Phi) is 3.29. The second-order valence-corrected chi connectivity index (χ2v) is 5.53. The first-order valence-electron chi connectivity index (χ1n) is 7.12. The molecule has 0 fully saturated rings. The molecule has 0 saturated carbocycles. The van der Waals surface area contributed by atoms with E-state index in [1.165, 1.54) is 11.1 Å². The number of aryl methyl sites for hydroxylation is 2. The van der Waals surface area contributed by atoms with Crippen molar-refractivity contribution >= 4 is 23.0 Å². The number of carbonyl (C=O) groups is 1. The zero-order valence-corrected chi connectivity index (χ0v) is 12.1. The third kappa shape index (κ3) is 2.44. The van der Waals surface area contributed by atoms with Gasteiger partial charge in [0.1, 0.15) is 0 Å². The van der Waals surface area contributed by atoms with E-state index >= 15 is 0 Å². The van der Waals surface area contributed by atoms with E-state index in [1.807, 2.05) is 12.1 Å². The molecule has 2 aromatic carbocycles. The zero-order chi connectivity index (χ0) is 15.0. The SMILES string of the molecule is Cc1ccc2c(c1)CCCN2c1ccc(N)cc1C(N)=O. The van der Waals surface area contributed by atoms with Gasteiger partial charge in [0, 0.05) is 17.9 Å². The maximum Gasteiger partial charge on any atom is 0.250 e. The van der Waals surface area contributed by atoms with Crippen LogP contribution in [0.4, 0.5) is 17.1 Å². The van der Waals surface area contributed by atoms with Crippen molar-refractivity contribution in [3.05, 3.63) is 53.1 Å². The van der Waals surface area contributed by atoms with Gasteiger partial charge in [-0.3, -0.25) is 4.79 Å². The Hall–Kier alpha value is -2.49. The second-order valence-electron chi connectivity index (χ2n) is 5.53. The van der Waals surface area contributed by atoms with Crippen molar-refractivity contribution < 1.29 is 4.79 Å². The normalized spacial score (nSPS) is 13.9. The molecule has 1 aliphatic heterocycles. The van der Waals surface area contributed by atoms with E-state index in [2.05, 4.69) is 30.0 Å². The number of nitrogens with two attached hydrogens (primary N) is 2. The fourth-order valence-electron chi connectivity index (χ4n) is 2.96. The van der Waals surface area contributed by atoms with Crippen LogP contribution in [0.5, 0.6) is 0 Å². The van der Waals surface area contributed by atoms with Gasteiger partial charge in [-0.25, -0.2) is 0 Å². The molecule has 4 heteroatoms. The number of fused-ring (bicyclic) bond motifs is 1. The lowest BCUT2D eigenvalue weighted by Gasteiger charge is -2.32. The molecule has 0 spiro atoms. The predicted molar refractivity (Wildman–Crippen MR) is 85.9 cm³/mol. The maximum absolute atomic E-state index is 11.7. The van der Waals surface area contributed by atoms with Gasteiger partial charge in [-0.2, -0.15) is 0 Å². The Morgan fingerprint density at radius 3 is 2.67 bits per heavy atom. The highest BCUT2D eigenvalue weighted by Crippen LogP contribution is 2.36. The van der Waals surface area contributed by atoms with Crippen molar-refractivity contribution in [3.8, 4) is 0 Å². The fourth-order valence-corrected chi connectivity index (χ4v) is 2.96. The smallest absolute Gasteiger partial charge is 0.250 e. The van der Waals surface area contributed by atoms with E-state index in [0.29, 0.717) is 11.3 Å². The number of anilines is 3. The zero-order valence-electron chi connectivity index (χ0n) is 12.1. The average molecular weight is 281 g/mol. The molecule has 21 heavy (non-hydrogen) atoms. The van der Waals surface area contributed by atoms with Crippen LogP contribution in [-0.4, -0.2) is 12.5 Å². The highest BCUT2D eigenvalue weighted by atomic mass is 16.1. The van der Waals surface area contributed by atoms with Gasteiger partial charge in [0.15, 0.2) is 0 Å². The third-order valence-corrected chi connectivity index (χ3v) is 3.93. The van der Waals surface area contributed by atoms with Crippen LogP contribution in [0.25, 0.3) is 0 Å². The van der Waals surface area contributed by atoms with Crippen LogP contribution in [0.3, 0.4) is 0 Å². The number of benzene rings is 2. The molecule has 0 aromatic heterocycles. The van der Waals surface area contributed by atoms with Crippen LogP contribution in [0.1, 0.15) is 27.9 Å². The standard InChI is InChI=1S/C17H19N3O/c1-11-4-6-15-12(9-11)3-2-8-20(15)16-7-5-13(18)10-14(16)17(19)21/h4-7,9-10H,2-3,8,18H2,1H3,(H2,19,21). The molecule has 0 atom stereocenters. The maximum atomic E-state index is 11.7. The summed E-state index contributed by atoms with van der Waals surface area (Å²) in [4.78, 5) is 13.9. The van der Waals surface area contributed by atoms with E-state index in [-0.39, 0.29) is 0 Å². The van der Waals surface area contributed by atoms with Crippen molar-refractivity contribution in [1.82, 2.24) is 0 Å². The minimum atomic E-state index is -0.448. The summed E-state index contributed by atoms with van der Waals surface area (Å²) in [5.41, 5.74) is 16.9. The predicted octanol–water partition coefficient (Wildman–Crippen LogP) is 2.76. The monoisotopic (exact) mass is 281 g/mol. The molecule has 1 aliphatic rings. The van der Waals surface area contributed by atoms with Gasteiger partial charge >= 0.3 is 0 Å². The highest BCUT2D eigenvalue weighted by Gasteiger charge is 2.22. The van der Waals surface area contributed by atoms with Crippen molar-refractivity contribution in [3.63, 3.8) is 0 Å². The van der Waals surface area contributed by atoms with Gasteiger partial charge < -0.3 is 16.4 Å². The Morgan fingerprint density at radius 2 is 1.90 bits per heavy atom. The van der Waals surface area contributed by atoms with E-state index < -0.39 is 5.91 Å². The Balaban J connectivity index is 2.13. The van der Waals surface area contributed by atoms with Crippen LogP contribution < -0.4 is 16.4 Å². The summed E-state index contributed by atoms with van der Waals surface area (Å²) in [7, 11) is 0. The molecule has 3 rings (SSSR count). The number of primary amides is 1. The molecule has 0 bridgehead atoms. The molecule has 0 saturated heterocycles. The van der Waals surface area contributed by atoms with E-state index in [9.17, 15) is 4.79 Å². The first-order chi connectivity index (χ1) is 10.1. The lowest BCUT2D eigenvalue weighted by Crippen LogP contribution is -2.27. The summed E-state index contributed by atoms with van der Waals surface area (Å²) < 4.78 is 0. The average Bonchev–Trinajstić information content (AvgIpc) is 2.46. The third-order valence-electron chi connectivity index (χ3n) is 3.93. The van der Waals surface area contributed by atoms with Crippen LogP contribution in [-0.2, 0) is 6.42 Å². The van der Waals surface area contributed by atoms with Gasteiger partial charge in [0.25, 0.3) is 5.91 Å². The van der Waals surface area contributed by atoms with Crippen molar-refractivity contribution in [2.45, 2.75) is 19.8 Å². The number of hydrogen-bond donors (Lipinski definition) is 2. The van der Waals surface area contributed by atoms with E-state index in [1.54, 1.807) is 6.07 Å². The first-order valence-corrected chi connectivity index (χ1v) is 7.12. The van der Waals surface area contributed by atoms with E-state index in [4.69, 9.17) is 11.5 Å². The second kappa shape index (κ2) is 5.13.